The number of rotatable bonds is 1. The van der Waals surface area contributed by atoms with Crippen LogP contribution in [0, 0.1) is 0 Å². The molecule has 0 saturated heterocycles. The molecule has 0 aliphatic carbocycles. The van der Waals surface area contributed by atoms with E-state index < -0.39 is 0 Å². The fourth-order valence-electron chi connectivity index (χ4n) is 0.813. The van der Waals surface area contributed by atoms with Crippen molar-refractivity contribution in [2.24, 2.45) is 7.05 Å². The van der Waals surface area contributed by atoms with Crippen LogP contribution in [0.1, 0.15) is 0 Å². The highest BCUT2D eigenvalue weighted by molar-refractivity contribution is 8.93. The second-order valence-electron chi connectivity index (χ2n) is 2.97. The largest absolute Gasteiger partial charge is 1.00 e. The van der Waals surface area contributed by atoms with Gasteiger partial charge in [-0.1, -0.05) is 0 Å². The van der Waals surface area contributed by atoms with Crippen LogP contribution in [0.25, 0.3) is 0 Å². The summed E-state index contributed by atoms with van der Waals surface area (Å²) in [5.74, 6) is 0.545. The Morgan fingerprint density at radius 1 is 1.47 bits per heavy atom. The van der Waals surface area contributed by atoms with Crippen molar-refractivity contribution in [1.82, 2.24) is 4.90 Å². The third-order valence-corrected chi connectivity index (χ3v) is 1.48. The van der Waals surface area contributed by atoms with Gasteiger partial charge in [-0.05, 0) is 6.07 Å². The Labute approximate surface area is 110 Å². The minimum Gasteiger partial charge on any atom is -1.00 e. The molecule has 4 nitrogen and oxygen atoms in total. The van der Waals surface area contributed by atoms with E-state index >= 15 is 0 Å². The van der Waals surface area contributed by atoms with Crippen molar-refractivity contribution in [3.63, 3.8) is 0 Å². The first-order chi connectivity index (χ1) is 6.09. The SMILES string of the molecule is Br.CN(C)C(=O)Oc1ccc[n+](C)c1.[Br-]. The number of pyridine rings is 1. The van der Waals surface area contributed by atoms with Gasteiger partial charge in [0.1, 0.15) is 7.05 Å². The van der Waals surface area contributed by atoms with Crippen molar-refractivity contribution in [2.75, 3.05) is 14.1 Å². The molecule has 1 aromatic rings. The average molecular weight is 342 g/mol. The van der Waals surface area contributed by atoms with Gasteiger partial charge in [0.2, 0.25) is 6.20 Å². The van der Waals surface area contributed by atoms with E-state index in [1.165, 1.54) is 4.90 Å². The highest BCUT2D eigenvalue weighted by Crippen LogP contribution is 2.05. The van der Waals surface area contributed by atoms with Crippen LogP contribution in [0.15, 0.2) is 24.5 Å². The molecule has 1 heterocycles. The van der Waals surface area contributed by atoms with Crippen molar-refractivity contribution in [3.05, 3.63) is 24.5 Å². The Morgan fingerprint density at radius 2 is 2.07 bits per heavy atom. The lowest BCUT2D eigenvalue weighted by molar-refractivity contribution is -0.671. The third-order valence-electron chi connectivity index (χ3n) is 1.48. The lowest BCUT2D eigenvalue weighted by Gasteiger charge is -2.09. The molecule has 0 N–H and O–H groups in total. The van der Waals surface area contributed by atoms with Gasteiger partial charge in [-0.3, -0.25) is 0 Å². The molecular formula is C9H14Br2N2O2. The average Bonchev–Trinajstić information content (AvgIpc) is 2.04. The number of aryl methyl sites for hydroxylation is 1. The summed E-state index contributed by atoms with van der Waals surface area (Å²) in [4.78, 5) is 12.5. The van der Waals surface area contributed by atoms with Crippen LogP contribution in [0.5, 0.6) is 5.75 Å². The molecule has 0 fully saturated rings. The zero-order chi connectivity index (χ0) is 9.84. The number of halogens is 2. The molecule has 1 rings (SSSR count). The minimum atomic E-state index is -0.369. The minimum absolute atomic E-state index is 0. The molecule has 0 bridgehead atoms. The molecule has 0 spiro atoms. The van der Waals surface area contributed by atoms with Crippen LogP contribution >= 0.6 is 17.0 Å². The Hall–Kier alpha value is -0.620. The fourth-order valence-corrected chi connectivity index (χ4v) is 0.813. The van der Waals surface area contributed by atoms with Crippen LogP contribution in [0.2, 0.25) is 0 Å². The molecule has 0 saturated carbocycles. The van der Waals surface area contributed by atoms with Gasteiger partial charge in [-0.2, -0.15) is 0 Å². The van der Waals surface area contributed by atoms with E-state index in [-0.39, 0.29) is 40.1 Å². The Morgan fingerprint density at radius 3 is 2.53 bits per heavy atom. The van der Waals surface area contributed by atoms with E-state index in [1.54, 1.807) is 26.4 Å². The molecule has 15 heavy (non-hydrogen) atoms. The summed E-state index contributed by atoms with van der Waals surface area (Å²) in [7, 11) is 5.16. The lowest BCUT2D eigenvalue weighted by Crippen LogP contribution is -3.00. The van der Waals surface area contributed by atoms with Gasteiger partial charge < -0.3 is 26.6 Å². The zero-order valence-electron chi connectivity index (χ0n) is 8.81. The molecule has 86 valence electrons. The lowest BCUT2D eigenvalue weighted by atomic mass is 10.4. The molecule has 0 aliphatic heterocycles. The molecule has 0 radical (unpaired) electrons. The van der Waals surface area contributed by atoms with Gasteiger partial charge in [-0.25, -0.2) is 9.36 Å². The Kier molecular flexibility index (Phi) is 8.56. The van der Waals surface area contributed by atoms with E-state index in [0.717, 1.165) is 0 Å². The molecule has 0 atom stereocenters. The summed E-state index contributed by atoms with van der Waals surface area (Å²) in [5.41, 5.74) is 0. The topological polar surface area (TPSA) is 33.4 Å². The normalized spacial score (nSPS) is 8.20. The van der Waals surface area contributed by atoms with Crippen molar-refractivity contribution >= 4 is 23.1 Å². The van der Waals surface area contributed by atoms with Gasteiger partial charge in [0.25, 0.3) is 0 Å². The maximum atomic E-state index is 11.1. The van der Waals surface area contributed by atoms with Crippen LogP contribution in [0.3, 0.4) is 0 Å². The van der Waals surface area contributed by atoms with Crippen LogP contribution in [-0.4, -0.2) is 25.1 Å². The quantitative estimate of drug-likeness (QED) is 0.562. The maximum absolute atomic E-state index is 11.1. The van der Waals surface area contributed by atoms with E-state index in [4.69, 9.17) is 4.74 Å². The Balaban J connectivity index is 0. The molecular weight excluding hydrogens is 328 g/mol. The van der Waals surface area contributed by atoms with Crippen molar-refractivity contribution in [2.45, 2.75) is 0 Å². The predicted octanol–water partition coefficient (Wildman–Crippen LogP) is -1.85. The molecule has 0 aliphatic rings. The van der Waals surface area contributed by atoms with Gasteiger partial charge in [-0.15, -0.1) is 17.0 Å². The third kappa shape index (κ3) is 5.74. The van der Waals surface area contributed by atoms with Gasteiger partial charge in [0.15, 0.2) is 11.9 Å². The standard InChI is InChI=1S/C9H13N2O2.2BrH/c1-10(2)9(12)13-8-5-4-6-11(3)7-8;;/h4-7H,1-3H3;2*1H/q+1;;/p-1. The van der Waals surface area contributed by atoms with E-state index in [2.05, 4.69) is 0 Å². The number of nitrogens with zero attached hydrogens (tertiary/aromatic N) is 2. The number of carbonyl (C=O) groups excluding carboxylic acids is 1. The number of hydrogen-bond donors (Lipinski definition) is 0. The predicted molar refractivity (Wildman–Crippen MR) is 57.7 cm³/mol. The number of ether oxygens (including phenoxy) is 1. The number of carbonyl (C=O) groups is 1. The summed E-state index contributed by atoms with van der Waals surface area (Å²) in [6, 6.07) is 3.56. The van der Waals surface area contributed by atoms with E-state index in [1.807, 2.05) is 23.9 Å². The summed E-state index contributed by atoms with van der Waals surface area (Å²) < 4.78 is 6.84. The van der Waals surface area contributed by atoms with Gasteiger partial charge in [0.05, 0.1) is 0 Å². The van der Waals surface area contributed by atoms with Gasteiger partial charge >= 0.3 is 6.09 Å². The van der Waals surface area contributed by atoms with E-state index in [0.29, 0.717) is 5.75 Å². The fraction of sp³-hybridized carbons (Fsp3) is 0.333. The summed E-state index contributed by atoms with van der Waals surface area (Å²) in [5, 5.41) is 0. The highest BCUT2D eigenvalue weighted by atomic mass is 79.9. The summed E-state index contributed by atoms with van der Waals surface area (Å²) in [6.07, 6.45) is 3.24. The van der Waals surface area contributed by atoms with Crippen LogP contribution in [-0.2, 0) is 7.05 Å². The molecule has 0 unspecified atom stereocenters. The first kappa shape index (κ1) is 16.8. The summed E-state index contributed by atoms with van der Waals surface area (Å²) in [6.45, 7) is 0. The van der Waals surface area contributed by atoms with Crippen LogP contribution in [0.4, 0.5) is 4.79 Å². The Bertz CT molecular complexity index is 319. The zero-order valence-corrected chi connectivity index (χ0v) is 12.1. The molecule has 6 heteroatoms. The van der Waals surface area contributed by atoms with Crippen LogP contribution < -0.4 is 26.3 Å². The molecule has 1 amide bonds. The second-order valence-corrected chi connectivity index (χ2v) is 2.97. The molecule has 1 aromatic heterocycles. The number of amides is 1. The van der Waals surface area contributed by atoms with Crippen molar-refractivity contribution < 1.29 is 31.1 Å². The first-order valence-electron chi connectivity index (χ1n) is 3.94. The smallest absolute Gasteiger partial charge is 0.414 e. The molecule has 0 aromatic carbocycles. The second kappa shape index (κ2) is 7.64. The number of aromatic nitrogens is 1. The highest BCUT2D eigenvalue weighted by Gasteiger charge is 2.08. The summed E-state index contributed by atoms with van der Waals surface area (Å²) >= 11 is 0. The van der Waals surface area contributed by atoms with Crippen molar-refractivity contribution in [3.8, 4) is 5.75 Å². The first-order valence-corrected chi connectivity index (χ1v) is 3.94. The maximum Gasteiger partial charge on any atom is 0.414 e. The monoisotopic (exact) mass is 340 g/mol. The van der Waals surface area contributed by atoms with Crippen molar-refractivity contribution in [1.29, 1.82) is 0 Å². The number of hydrogen-bond acceptors (Lipinski definition) is 2. The van der Waals surface area contributed by atoms with Gasteiger partial charge in [0, 0.05) is 20.2 Å². The van der Waals surface area contributed by atoms with E-state index in [9.17, 15) is 4.79 Å².